The first-order valence-electron chi connectivity index (χ1n) is 9.90. The number of aryl methyl sites for hydroxylation is 1. The second-order valence-corrected chi connectivity index (χ2v) is 8.22. The second-order valence-electron chi connectivity index (χ2n) is 6.87. The van der Waals surface area contributed by atoms with Gasteiger partial charge in [-0.3, -0.25) is 19.9 Å². The lowest BCUT2D eigenvalue weighted by atomic mass is 10.3. The summed E-state index contributed by atoms with van der Waals surface area (Å²) < 4.78 is 7.06. The maximum Gasteiger partial charge on any atom is 0.234 e. The largest absolute Gasteiger partial charge is 0.494 e. The van der Waals surface area contributed by atoms with Crippen LogP contribution in [-0.4, -0.2) is 38.0 Å². The Kier molecular flexibility index (Phi) is 6.48. The van der Waals surface area contributed by atoms with E-state index in [4.69, 9.17) is 21.7 Å². The van der Waals surface area contributed by atoms with E-state index in [0.29, 0.717) is 39.2 Å². The number of rotatable bonds is 7. The van der Waals surface area contributed by atoms with E-state index < -0.39 is 0 Å². The summed E-state index contributed by atoms with van der Waals surface area (Å²) in [6.45, 7) is 4.33. The van der Waals surface area contributed by atoms with Crippen LogP contribution >= 0.6 is 23.4 Å². The Morgan fingerprint density at radius 3 is 2.72 bits per heavy atom. The molecule has 0 saturated heterocycles. The standard InChI is InChI=1S/C22H21ClN6O2S/c1-3-31-15-10-8-14(9-11-15)25-18(30)12-32-22-26-21-19(13(2)27-28-21)20(24)29(22)17-7-5-4-6-16(17)23/h4-11,24H,3,12H2,1-2H3,(H,25,30)(H,27,28). The highest BCUT2D eigenvalue weighted by Gasteiger charge is 2.17. The molecule has 0 spiro atoms. The van der Waals surface area contributed by atoms with Crippen molar-refractivity contribution in [3.8, 4) is 11.4 Å². The van der Waals surface area contributed by atoms with Crippen molar-refractivity contribution in [3.05, 3.63) is 64.7 Å². The van der Waals surface area contributed by atoms with Gasteiger partial charge in [-0.15, -0.1) is 0 Å². The lowest BCUT2D eigenvalue weighted by Crippen LogP contribution is -2.23. The molecule has 4 rings (SSSR count). The van der Waals surface area contributed by atoms with E-state index in [1.807, 2.05) is 32.0 Å². The minimum absolute atomic E-state index is 0.0962. The summed E-state index contributed by atoms with van der Waals surface area (Å²) in [7, 11) is 0. The van der Waals surface area contributed by atoms with Gasteiger partial charge in [0.25, 0.3) is 0 Å². The Bertz CT molecular complexity index is 1330. The van der Waals surface area contributed by atoms with Gasteiger partial charge in [0.1, 0.15) is 11.2 Å². The Hall–Kier alpha value is -3.30. The Balaban J connectivity index is 1.61. The second kappa shape index (κ2) is 9.46. The molecule has 0 atom stereocenters. The van der Waals surface area contributed by atoms with E-state index in [0.717, 1.165) is 11.4 Å². The molecule has 3 N–H and O–H groups in total. The molecule has 0 saturated carbocycles. The molecule has 32 heavy (non-hydrogen) atoms. The average Bonchev–Trinajstić information content (AvgIpc) is 3.15. The highest BCUT2D eigenvalue weighted by molar-refractivity contribution is 7.99. The van der Waals surface area contributed by atoms with Crippen LogP contribution in [0.1, 0.15) is 12.6 Å². The summed E-state index contributed by atoms with van der Waals surface area (Å²) in [5, 5.41) is 20.2. The summed E-state index contributed by atoms with van der Waals surface area (Å²) in [6, 6.07) is 14.4. The number of thioether (sulfide) groups is 1. The zero-order valence-corrected chi connectivity index (χ0v) is 19.0. The highest BCUT2D eigenvalue weighted by atomic mass is 35.5. The fourth-order valence-electron chi connectivity index (χ4n) is 3.21. The number of hydrogen-bond donors (Lipinski definition) is 3. The van der Waals surface area contributed by atoms with E-state index >= 15 is 0 Å². The van der Waals surface area contributed by atoms with E-state index in [1.165, 1.54) is 11.8 Å². The van der Waals surface area contributed by atoms with Crippen LogP contribution in [0.2, 0.25) is 5.02 Å². The number of carbonyl (C=O) groups excluding carboxylic acids is 1. The number of nitrogens with one attached hydrogen (secondary N) is 3. The average molecular weight is 469 g/mol. The van der Waals surface area contributed by atoms with E-state index in [-0.39, 0.29) is 17.1 Å². The monoisotopic (exact) mass is 468 g/mol. The predicted octanol–water partition coefficient (Wildman–Crippen LogP) is 4.32. The number of carbonyl (C=O) groups is 1. The molecule has 1 amide bonds. The van der Waals surface area contributed by atoms with Crippen molar-refractivity contribution in [2.75, 3.05) is 17.7 Å². The van der Waals surface area contributed by atoms with Gasteiger partial charge in [0.05, 0.1) is 28.5 Å². The molecule has 2 aromatic carbocycles. The number of halogens is 1. The minimum Gasteiger partial charge on any atom is -0.494 e. The molecule has 4 aromatic rings. The van der Waals surface area contributed by atoms with Crippen molar-refractivity contribution in [3.63, 3.8) is 0 Å². The number of fused-ring (bicyclic) bond motifs is 1. The number of amides is 1. The van der Waals surface area contributed by atoms with Gasteiger partial charge in [-0.1, -0.05) is 35.5 Å². The first kappa shape index (κ1) is 21.9. The number of hydrogen-bond acceptors (Lipinski definition) is 6. The predicted molar refractivity (Wildman–Crippen MR) is 126 cm³/mol. The topological polar surface area (TPSA) is 109 Å². The van der Waals surface area contributed by atoms with Gasteiger partial charge in [0.15, 0.2) is 10.8 Å². The summed E-state index contributed by atoms with van der Waals surface area (Å²) >= 11 is 7.63. The minimum atomic E-state index is -0.198. The number of benzene rings is 2. The van der Waals surface area contributed by atoms with Gasteiger partial charge >= 0.3 is 0 Å². The van der Waals surface area contributed by atoms with Crippen LogP contribution in [0.3, 0.4) is 0 Å². The summed E-state index contributed by atoms with van der Waals surface area (Å²) in [4.78, 5) is 17.2. The molecule has 2 aromatic heterocycles. The Labute approximate surface area is 193 Å². The molecule has 0 unspecified atom stereocenters. The molecule has 10 heteroatoms. The van der Waals surface area contributed by atoms with Crippen molar-refractivity contribution in [2.24, 2.45) is 0 Å². The normalized spacial score (nSPS) is 11.0. The fourth-order valence-corrected chi connectivity index (χ4v) is 4.23. The maximum atomic E-state index is 12.6. The third kappa shape index (κ3) is 4.49. The zero-order valence-electron chi connectivity index (χ0n) is 17.5. The SMILES string of the molecule is CCOc1ccc(NC(=O)CSc2nc3n[nH]c(C)c3c(=N)n2-c2ccccc2Cl)cc1. The smallest absolute Gasteiger partial charge is 0.234 e. The van der Waals surface area contributed by atoms with Gasteiger partial charge in [0.2, 0.25) is 5.91 Å². The first-order valence-corrected chi connectivity index (χ1v) is 11.3. The molecule has 0 aliphatic rings. The molecule has 0 bridgehead atoms. The highest BCUT2D eigenvalue weighted by Crippen LogP contribution is 2.26. The lowest BCUT2D eigenvalue weighted by molar-refractivity contribution is -0.113. The summed E-state index contributed by atoms with van der Waals surface area (Å²) in [6.07, 6.45) is 0. The third-order valence-corrected chi connectivity index (χ3v) is 5.91. The van der Waals surface area contributed by atoms with E-state index in [2.05, 4.69) is 20.5 Å². The Morgan fingerprint density at radius 2 is 2.00 bits per heavy atom. The number of aromatic amines is 1. The van der Waals surface area contributed by atoms with Crippen molar-refractivity contribution in [2.45, 2.75) is 19.0 Å². The van der Waals surface area contributed by atoms with Gasteiger partial charge in [-0.05, 0) is 50.2 Å². The van der Waals surface area contributed by atoms with Crippen LogP contribution in [-0.2, 0) is 4.79 Å². The van der Waals surface area contributed by atoms with Crippen molar-refractivity contribution >= 4 is 46.0 Å². The Morgan fingerprint density at radius 1 is 1.25 bits per heavy atom. The quantitative estimate of drug-likeness (QED) is 0.276. The van der Waals surface area contributed by atoms with Crippen molar-refractivity contribution in [1.29, 1.82) is 5.41 Å². The summed E-state index contributed by atoms with van der Waals surface area (Å²) in [5.74, 6) is 0.644. The van der Waals surface area contributed by atoms with Gasteiger partial charge in [0, 0.05) is 11.4 Å². The lowest BCUT2D eigenvalue weighted by Gasteiger charge is -2.14. The number of H-pyrrole nitrogens is 1. The first-order chi connectivity index (χ1) is 15.5. The van der Waals surface area contributed by atoms with Gasteiger partial charge in [-0.25, -0.2) is 4.98 Å². The maximum absolute atomic E-state index is 12.6. The zero-order chi connectivity index (χ0) is 22.7. The number of aromatic nitrogens is 4. The van der Waals surface area contributed by atoms with Crippen LogP contribution in [0.15, 0.2) is 53.7 Å². The van der Waals surface area contributed by atoms with Gasteiger partial charge < -0.3 is 10.1 Å². The fraction of sp³-hybridized carbons (Fsp3) is 0.182. The van der Waals surface area contributed by atoms with Crippen LogP contribution in [0.5, 0.6) is 5.75 Å². The number of nitrogens with zero attached hydrogens (tertiary/aromatic N) is 3. The van der Waals surface area contributed by atoms with Crippen molar-refractivity contribution in [1.82, 2.24) is 19.7 Å². The van der Waals surface area contributed by atoms with Crippen LogP contribution in [0, 0.1) is 12.3 Å². The number of para-hydroxylation sites is 1. The molecule has 0 aliphatic carbocycles. The molecule has 8 nitrogen and oxygen atoms in total. The van der Waals surface area contributed by atoms with Crippen LogP contribution < -0.4 is 15.5 Å². The third-order valence-electron chi connectivity index (χ3n) is 4.66. The van der Waals surface area contributed by atoms with Crippen LogP contribution in [0.4, 0.5) is 5.69 Å². The van der Waals surface area contributed by atoms with E-state index in [1.54, 1.807) is 34.9 Å². The van der Waals surface area contributed by atoms with E-state index in [9.17, 15) is 4.79 Å². The molecular weight excluding hydrogens is 448 g/mol. The molecule has 164 valence electrons. The summed E-state index contributed by atoms with van der Waals surface area (Å²) in [5.41, 5.74) is 2.64. The van der Waals surface area contributed by atoms with Crippen LogP contribution in [0.25, 0.3) is 16.7 Å². The molecule has 2 heterocycles. The number of anilines is 1. The molecule has 0 aliphatic heterocycles. The number of ether oxygens (including phenoxy) is 1. The molecule has 0 radical (unpaired) electrons. The molecular formula is C22H21ClN6O2S. The molecule has 0 fully saturated rings. The van der Waals surface area contributed by atoms with Crippen molar-refractivity contribution < 1.29 is 9.53 Å². The van der Waals surface area contributed by atoms with Gasteiger partial charge in [-0.2, -0.15) is 5.10 Å².